The van der Waals surface area contributed by atoms with Crippen LogP contribution in [0.5, 0.6) is 0 Å². The monoisotopic (exact) mass is 239 g/mol. The summed E-state index contributed by atoms with van der Waals surface area (Å²) < 4.78 is 0. The largest absolute Gasteiger partial charge is 0.394 e. The van der Waals surface area contributed by atoms with E-state index in [0.29, 0.717) is 6.61 Å². The summed E-state index contributed by atoms with van der Waals surface area (Å²) in [6.07, 6.45) is 11.6. The van der Waals surface area contributed by atoms with Crippen LogP contribution in [0, 0.1) is 0 Å². The highest BCUT2D eigenvalue weighted by molar-refractivity contribution is 4.91. The molecule has 100 valence electrons. The molecule has 1 aliphatic rings. The first-order valence-electron chi connectivity index (χ1n) is 7.26. The summed E-state index contributed by atoms with van der Waals surface area (Å²) in [5.74, 6) is 0. The minimum atomic E-state index is 0.0538. The lowest BCUT2D eigenvalue weighted by molar-refractivity contribution is 0.00115. The zero-order chi connectivity index (χ0) is 12.6. The molecule has 17 heavy (non-hydrogen) atoms. The van der Waals surface area contributed by atoms with Gasteiger partial charge in [0.15, 0.2) is 0 Å². The number of piperidine rings is 1. The van der Waals surface area contributed by atoms with Crippen molar-refractivity contribution in [3.63, 3.8) is 0 Å². The van der Waals surface area contributed by atoms with Crippen molar-refractivity contribution >= 4 is 0 Å². The number of allylic oxidation sites excluding steroid dienone is 1. The lowest BCUT2D eigenvalue weighted by Gasteiger charge is -2.45. The van der Waals surface area contributed by atoms with Gasteiger partial charge in [-0.05, 0) is 51.6 Å². The van der Waals surface area contributed by atoms with Crippen molar-refractivity contribution < 1.29 is 5.11 Å². The summed E-state index contributed by atoms with van der Waals surface area (Å²) in [6, 6.07) is 0. The van der Waals surface area contributed by atoms with Gasteiger partial charge in [-0.3, -0.25) is 4.90 Å². The highest BCUT2D eigenvalue weighted by Crippen LogP contribution is 2.30. The Kier molecular flexibility index (Phi) is 6.83. The third-order valence-corrected chi connectivity index (χ3v) is 4.09. The number of hydrogen-bond acceptors (Lipinski definition) is 2. The molecule has 1 saturated heterocycles. The van der Waals surface area contributed by atoms with Gasteiger partial charge in [-0.2, -0.15) is 0 Å². The average molecular weight is 239 g/mol. The molecule has 0 aromatic rings. The van der Waals surface area contributed by atoms with Crippen LogP contribution >= 0.6 is 0 Å². The Morgan fingerprint density at radius 1 is 1.24 bits per heavy atom. The molecular formula is C15H29NO. The summed E-state index contributed by atoms with van der Waals surface area (Å²) in [5.41, 5.74) is 0.0538. The second-order valence-electron chi connectivity index (χ2n) is 5.36. The van der Waals surface area contributed by atoms with E-state index < -0.39 is 0 Å². The highest BCUT2D eigenvalue weighted by Gasteiger charge is 2.35. The van der Waals surface area contributed by atoms with E-state index in [2.05, 4.69) is 18.4 Å². The predicted octanol–water partition coefficient (Wildman–Crippen LogP) is 3.36. The first-order chi connectivity index (χ1) is 8.29. The molecule has 0 amide bonds. The molecule has 1 aliphatic heterocycles. The molecular weight excluding hydrogens is 210 g/mol. The second-order valence-corrected chi connectivity index (χ2v) is 5.36. The smallest absolute Gasteiger partial charge is 0.0615 e. The summed E-state index contributed by atoms with van der Waals surface area (Å²) in [7, 11) is 0. The van der Waals surface area contributed by atoms with Gasteiger partial charge in [-0.1, -0.05) is 25.8 Å². The Labute approximate surface area is 107 Å². The number of aliphatic hydroxyl groups excluding tert-OH is 1. The first kappa shape index (κ1) is 14.7. The van der Waals surface area contributed by atoms with Gasteiger partial charge in [-0.15, -0.1) is 6.58 Å². The molecule has 1 N–H and O–H groups in total. The molecule has 0 radical (unpaired) electrons. The number of hydrogen-bond donors (Lipinski definition) is 1. The Bertz CT molecular complexity index is 211. The number of aliphatic hydroxyl groups is 1. The van der Waals surface area contributed by atoms with E-state index in [-0.39, 0.29) is 5.54 Å². The van der Waals surface area contributed by atoms with Crippen LogP contribution in [0.15, 0.2) is 12.7 Å². The molecule has 0 aromatic heterocycles. The fourth-order valence-corrected chi connectivity index (χ4v) is 3.11. The molecule has 0 spiro atoms. The molecule has 1 rings (SSSR count). The molecule has 1 atom stereocenters. The van der Waals surface area contributed by atoms with Gasteiger partial charge in [0.1, 0.15) is 0 Å². The van der Waals surface area contributed by atoms with Crippen molar-refractivity contribution in [3.05, 3.63) is 12.7 Å². The van der Waals surface area contributed by atoms with E-state index in [9.17, 15) is 5.11 Å². The molecule has 1 heterocycles. The minimum absolute atomic E-state index is 0.0538. The normalized spacial score (nSPS) is 21.1. The highest BCUT2D eigenvalue weighted by atomic mass is 16.3. The maximum absolute atomic E-state index is 9.89. The van der Waals surface area contributed by atoms with Gasteiger partial charge in [0.25, 0.3) is 0 Å². The van der Waals surface area contributed by atoms with Crippen LogP contribution in [0.25, 0.3) is 0 Å². The van der Waals surface area contributed by atoms with Gasteiger partial charge < -0.3 is 5.11 Å². The van der Waals surface area contributed by atoms with E-state index in [0.717, 1.165) is 32.1 Å². The molecule has 0 aromatic carbocycles. The molecule has 0 saturated carbocycles. The van der Waals surface area contributed by atoms with E-state index >= 15 is 0 Å². The van der Waals surface area contributed by atoms with Crippen molar-refractivity contribution in [2.75, 3.05) is 19.7 Å². The zero-order valence-corrected chi connectivity index (χ0v) is 11.5. The van der Waals surface area contributed by atoms with Crippen molar-refractivity contribution in [2.24, 2.45) is 0 Å². The third kappa shape index (κ3) is 4.11. The topological polar surface area (TPSA) is 23.5 Å². The lowest BCUT2D eigenvalue weighted by atomic mass is 9.85. The number of nitrogens with zero attached hydrogens (tertiary/aromatic N) is 1. The van der Waals surface area contributed by atoms with Gasteiger partial charge in [0.05, 0.1) is 6.61 Å². The number of unbranched alkanes of at least 4 members (excludes halogenated alkanes) is 1. The molecule has 1 fully saturated rings. The third-order valence-electron chi connectivity index (χ3n) is 4.09. The van der Waals surface area contributed by atoms with E-state index in [1.165, 1.54) is 32.4 Å². The summed E-state index contributed by atoms with van der Waals surface area (Å²) in [4.78, 5) is 2.56. The maximum Gasteiger partial charge on any atom is 0.0615 e. The van der Waals surface area contributed by atoms with Gasteiger partial charge >= 0.3 is 0 Å². The predicted molar refractivity (Wildman–Crippen MR) is 74.2 cm³/mol. The van der Waals surface area contributed by atoms with Crippen LogP contribution in [-0.4, -0.2) is 35.2 Å². The lowest BCUT2D eigenvalue weighted by Crippen LogP contribution is -2.53. The van der Waals surface area contributed by atoms with E-state index in [1.807, 2.05) is 6.08 Å². The quantitative estimate of drug-likeness (QED) is 0.518. The Morgan fingerprint density at radius 2 is 1.94 bits per heavy atom. The zero-order valence-electron chi connectivity index (χ0n) is 11.5. The Hall–Kier alpha value is -0.340. The van der Waals surface area contributed by atoms with Crippen LogP contribution in [0.1, 0.15) is 58.3 Å². The standard InChI is InChI=1S/C15H29NO/c1-3-5-7-11-15(14-17,10-4-2)16-12-8-6-9-13-16/h3,17H,1,4-14H2,2H3. The van der Waals surface area contributed by atoms with E-state index in [1.54, 1.807) is 0 Å². The number of likely N-dealkylation sites (tertiary alicyclic amines) is 1. The van der Waals surface area contributed by atoms with Crippen molar-refractivity contribution in [1.82, 2.24) is 4.90 Å². The molecule has 2 nitrogen and oxygen atoms in total. The van der Waals surface area contributed by atoms with E-state index in [4.69, 9.17) is 0 Å². The summed E-state index contributed by atoms with van der Waals surface area (Å²) in [5, 5.41) is 9.89. The van der Waals surface area contributed by atoms with Crippen LogP contribution in [0.3, 0.4) is 0 Å². The van der Waals surface area contributed by atoms with Crippen molar-refractivity contribution in [1.29, 1.82) is 0 Å². The first-order valence-corrected chi connectivity index (χ1v) is 7.26. The summed E-state index contributed by atoms with van der Waals surface area (Å²) >= 11 is 0. The minimum Gasteiger partial charge on any atom is -0.394 e. The van der Waals surface area contributed by atoms with Crippen LogP contribution in [-0.2, 0) is 0 Å². The molecule has 1 unspecified atom stereocenters. The van der Waals surface area contributed by atoms with Crippen LogP contribution in [0.4, 0.5) is 0 Å². The van der Waals surface area contributed by atoms with Crippen molar-refractivity contribution in [2.45, 2.75) is 63.8 Å². The molecule has 0 aliphatic carbocycles. The van der Waals surface area contributed by atoms with Gasteiger partial charge in [-0.25, -0.2) is 0 Å². The second kappa shape index (κ2) is 7.88. The van der Waals surface area contributed by atoms with Crippen LogP contribution in [0.2, 0.25) is 0 Å². The maximum atomic E-state index is 9.89. The Morgan fingerprint density at radius 3 is 2.47 bits per heavy atom. The average Bonchev–Trinajstić information content (AvgIpc) is 2.39. The van der Waals surface area contributed by atoms with Gasteiger partial charge in [0, 0.05) is 5.54 Å². The van der Waals surface area contributed by atoms with Crippen LogP contribution < -0.4 is 0 Å². The fraction of sp³-hybridized carbons (Fsp3) is 0.867. The number of rotatable bonds is 8. The molecule has 2 heteroatoms. The molecule has 0 bridgehead atoms. The van der Waals surface area contributed by atoms with Crippen molar-refractivity contribution in [3.8, 4) is 0 Å². The Balaban J connectivity index is 2.63. The fourth-order valence-electron chi connectivity index (χ4n) is 3.11. The SMILES string of the molecule is C=CCCCC(CO)(CCC)N1CCCCC1. The van der Waals surface area contributed by atoms with Gasteiger partial charge in [0.2, 0.25) is 0 Å². The summed E-state index contributed by atoms with van der Waals surface area (Å²) in [6.45, 7) is 8.68.